The molecule has 2 aromatic rings. The van der Waals surface area contributed by atoms with Crippen LogP contribution in [0.15, 0.2) is 24.3 Å². The summed E-state index contributed by atoms with van der Waals surface area (Å²) in [4.78, 5) is 8.53. The van der Waals surface area contributed by atoms with Crippen LogP contribution in [-0.4, -0.2) is 16.5 Å². The van der Waals surface area contributed by atoms with Crippen molar-refractivity contribution >= 4 is 5.82 Å². The van der Waals surface area contributed by atoms with Crippen molar-refractivity contribution in [3.63, 3.8) is 0 Å². The third-order valence-corrected chi connectivity index (χ3v) is 2.66. The first-order valence-electron chi connectivity index (χ1n) is 6.74. The molecular formula is C15H17F2N3O. The van der Waals surface area contributed by atoms with Gasteiger partial charge in [0, 0.05) is 36.5 Å². The van der Waals surface area contributed by atoms with Gasteiger partial charge in [0.1, 0.15) is 29.8 Å². The van der Waals surface area contributed by atoms with E-state index in [0.717, 1.165) is 36.9 Å². The van der Waals surface area contributed by atoms with Crippen molar-refractivity contribution in [2.45, 2.75) is 26.9 Å². The maximum absolute atomic E-state index is 13.1. The van der Waals surface area contributed by atoms with Gasteiger partial charge in [-0.2, -0.15) is 0 Å². The van der Waals surface area contributed by atoms with Crippen LogP contribution in [0.4, 0.5) is 14.6 Å². The van der Waals surface area contributed by atoms with Gasteiger partial charge in [-0.3, -0.25) is 0 Å². The molecule has 0 aliphatic carbocycles. The van der Waals surface area contributed by atoms with E-state index in [4.69, 9.17) is 4.74 Å². The predicted molar refractivity (Wildman–Crippen MR) is 76.2 cm³/mol. The van der Waals surface area contributed by atoms with Crippen LogP contribution in [0.2, 0.25) is 0 Å². The molecule has 21 heavy (non-hydrogen) atoms. The molecular weight excluding hydrogens is 276 g/mol. The summed E-state index contributed by atoms with van der Waals surface area (Å²) in [7, 11) is 0. The lowest BCUT2D eigenvalue weighted by Gasteiger charge is -2.09. The maximum Gasteiger partial charge on any atom is 0.168 e. The summed E-state index contributed by atoms with van der Waals surface area (Å²) in [6.07, 6.45) is 0.984. The maximum atomic E-state index is 13.1. The van der Waals surface area contributed by atoms with E-state index < -0.39 is 11.6 Å². The van der Waals surface area contributed by atoms with Crippen LogP contribution in [0.1, 0.15) is 24.9 Å². The Kier molecular flexibility index (Phi) is 5.03. The topological polar surface area (TPSA) is 47.0 Å². The number of nitrogens with one attached hydrogen (secondary N) is 1. The Bertz CT molecular complexity index is 600. The van der Waals surface area contributed by atoms with E-state index in [1.165, 1.54) is 0 Å². The largest absolute Gasteiger partial charge is 0.485 e. The third kappa shape index (κ3) is 4.66. The second kappa shape index (κ2) is 6.97. The Morgan fingerprint density at radius 1 is 1.10 bits per heavy atom. The number of ether oxygens (including phenoxy) is 1. The molecule has 0 amide bonds. The summed E-state index contributed by atoms with van der Waals surface area (Å²) < 4.78 is 31.5. The highest BCUT2D eigenvalue weighted by atomic mass is 19.1. The van der Waals surface area contributed by atoms with Gasteiger partial charge < -0.3 is 10.1 Å². The second-order valence-corrected chi connectivity index (χ2v) is 4.63. The first kappa shape index (κ1) is 15.2. The molecule has 1 heterocycles. The molecule has 0 unspecified atom stereocenters. The van der Waals surface area contributed by atoms with Gasteiger partial charge in [0.2, 0.25) is 0 Å². The number of aromatic nitrogens is 2. The molecule has 112 valence electrons. The van der Waals surface area contributed by atoms with Gasteiger partial charge in [0.15, 0.2) is 5.82 Å². The average molecular weight is 293 g/mol. The summed E-state index contributed by atoms with van der Waals surface area (Å²) in [5.41, 5.74) is 0.799. The monoisotopic (exact) mass is 293 g/mol. The van der Waals surface area contributed by atoms with E-state index in [1.807, 2.05) is 13.0 Å². The first-order valence-corrected chi connectivity index (χ1v) is 6.74. The summed E-state index contributed by atoms with van der Waals surface area (Å²) in [6, 6.07) is 4.87. The van der Waals surface area contributed by atoms with Crippen LogP contribution in [0.25, 0.3) is 0 Å². The fourth-order valence-corrected chi connectivity index (χ4v) is 1.80. The number of halogens is 2. The molecule has 0 saturated carbocycles. The summed E-state index contributed by atoms with van der Waals surface area (Å²) >= 11 is 0. The molecule has 0 radical (unpaired) electrons. The molecule has 4 nitrogen and oxygen atoms in total. The highest BCUT2D eigenvalue weighted by Gasteiger charge is 2.05. The predicted octanol–water partition coefficient (Wildman–Crippen LogP) is 3.46. The number of aryl methyl sites for hydroxylation is 1. The van der Waals surface area contributed by atoms with Crippen molar-refractivity contribution in [2.24, 2.45) is 0 Å². The summed E-state index contributed by atoms with van der Waals surface area (Å²) in [5, 5.41) is 3.17. The Morgan fingerprint density at radius 3 is 2.48 bits per heavy atom. The van der Waals surface area contributed by atoms with Crippen molar-refractivity contribution in [3.8, 4) is 5.75 Å². The molecule has 1 aromatic heterocycles. The Labute approximate surface area is 122 Å². The van der Waals surface area contributed by atoms with Gasteiger partial charge in [-0.05, 0) is 13.3 Å². The van der Waals surface area contributed by atoms with Gasteiger partial charge in [0.25, 0.3) is 0 Å². The van der Waals surface area contributed by atoms with Gasteiger partial charge in [-0.25, -0.2) is 18.7 Å². The first-order chi connectivity index (χ1) is 10.1. The van der Waals surface area contributed by atoms with Crippen LogP contribution in [-0.2, 0) is 6.61 Å². The molecule has 0 fully saturated rings. The number of benzene rings is 1. The lowest BCUT2D eigenvalue weighted by atomic mass is 10.3. The van der Waals surface area contributed by atoms with Crippen LogP contribution in [0.5, 0.6) is 5.75 Å². The summed E-state index contributed by atoms with van der Waals surface area (Å²) in [5.74, 6) is -0.0757. The number of anilines is 1. The van der Waals surface area contributed by atoms with E-state index in [2.05, 4.69) is 22.2 Å². The molecule has 0 aliphatic rings. The third-order valence-electron chi connectivity index (χ3n) is 2.66. The van der Waals surface area contributed by atoms with E-state index in [1.54, 1.807) is 0 Å². The minimum absolute atomic E-state index is 0.0470. The van der Waals surface area contributed by atoms with Crippen molar-refractivity contribution in [3.05, 3.63) is 47.4 Å². The molecule has 6 heteroatoms. The quantitative estimate of drug-likeness (QED) is 0.886. The number of hydrogen-bond acceptors (Lipinski definition) is 4. The van der Waals surface area contributed by atoms with Crippen LogP contribution >= 0.6 is 0 Å². The van der Waals surface area contributed by atoms with E-state index in [0.29, 0.717) is 11.6 Å². The highest BCUT2D eigenvalue weighted by Crippen LogP contribution is 2.16. The smallest absolute Gasteiger partial charge is 0.168 e. The summed E-state index contributed by atoms with van der Waals surface area (Å²) in [6.45, 7) is 4.77. The van der Waals surface area contributed by atoms with Gasteiger partial charge >= 0.3 is 0 Å². The minimum Gasteiger partial charge on any atom is -0.485 e. The average Bonchev–Trinajstić information content (AvgIpc) is 2.41. The molecule has 0 aliphatic heterocycles. The Hall–Kier alpha value is -2.24. The van der Waals surface area contributed by atoms with E-state index >= 15 is 0 Å². The SMILES string of the molecule is CCCNc1cc(C)nc(COc2cc(F)cc(F)c2)n1. The molecule has 0 bridgehead atoms. The van der Waals surface area contributed by atoms with Crippen molar-refractivity contribution in [2.75, 3.05) is 11.9 Å². The fourth-order valence-electron chi connectivity index (χ4n) is 1.80. The number of rotatable bonds is 6. The number of nitrogens with zero attached hydrogens (tertiary/aromatic N) is 2. The van der Waals surface area contributed by atoms with Crippen LogP contribution in [0.3, 0.4) is 0 Å². The van der Waals surface area contributed by atoms with Crippen molar-refractivity contribution in [1.29, 1.82) is 0 Å². The van der Waals surface area contributed by atoms with E-state index in [-0.39, 0.29) is 12.4 Å². The van der Waals surface area contributed by atoms with Gasteiger partial charge in [-0.1, -0.05) is 6.92 Å². The zero-order valence-corrected chi connectivity index (χ0v) is 12.0. The van der Waals surface area contributed by atoms with Gasteiger partial charge in [0.05, 0.1) is 0 Å². The highest BCUT2D eigenvalue weighted by molar-refractivity contribution is 5.35. The van der Waals surface area contributed by atoms with Crippen molar-refractivity contribution < 1.29 is 13.5 Å². The van der Waals surface area contributed by atoms with Gasteiger partial charge in [-0.15, -0.1) is 0 Å². The Balaban J connectivity index is 2.06. The fraction of sp³-hybridized carbons (Fsp3) is 0.333. The molecule has 2 rings (SSSR count). The molecule has 1 N–H and O–H groups in total. The second-order valence-electron chi connectivity index (χ2n) is 4.63. The zero-order valence-electron chi connectivity index (χ0n) is 12.0. The minimum atomic E-state index is -0.680. The lowest BCUT2D eigenvalue weighted by molar-refractivity contribution is 0.292. The lowest BCUT2D eigenvalue weighted by Crippen LogP contribution is -2.08. The molecule has 1 aromatic carbocycles. The molecule has 0 atom stereocenters. The normalized spacial score (nSPS) is 10.5. The number of hydrogen-bond donors (Lipinski definition) is 1. The van der Waals surface area contributed by atoms with E-state index in [9.17, 15) is 8.78 Å². The zero-order chi connectivity index (χ0) is 15.2. The molecule has 0 spiro atoms. The molecule has 0 saturated heterocycles. The van der Waals surface area contributed by atoms with Crippen LogP contribution < -0.4 is 10.1 Å². The van der Waals surface area contributed by atoms with Crippen molar-refractivity contribution in [1.82, 2.24) is 9.97 Å². The standard InChI is InChI=1S/C15H17F2N3O/c1-3-4-18-14-5-10(2)19-15(20-14)9-21-13-7-11(16)6-12(17)8-13/h5-8H,3-4,9H2,1-2H3,(H,18,19,20). The van der Waals surface area contributed by atoms with Crippen LogP contribution in [0, 0.1) is 18.6 Å². The Morgan fingerprint density at radius 2 is 1.81 bits per heavy atom.